The van der Waals surface area contributed by atoms with Crippen molar-refractivity contribution in [2.75, 3.05) is 24.6 Å². The fraction of sp³-hybridized carbons (Fsp3) is 0.640. The lowest BCUT2D eigenvalue weighted by molar-refractivity contribution is -0.151. The van der Waals surface area contributed by atoms with Crippen LogP contribution in [0.1, 0.15) is 44.1 Å². The Morgan fingerprint density at radius 3 is 2.06 bits per heavy atom. The lowest BCUT2D eigenvalue weighted by Gasteiger charge is -2.55. The molecule has 6 rings (SSSR count). The molecule has 0 unspecified atom stereocenters. The molecule has 35 heavy (non-hydrogen) atoms. The lowest BCUT2D eigenvalue weighted by atomic mass is 9.49. The zero-order valence-electron chi connectivity index (χ0n) is 19.6. The normalized spacial score (nSPS) is 31.5. The molecule has 2 N–H and O–H groups in total. The second-order valence-electron chi connectivity index (χ2n) is 10.9. The van der Waals surface area contributed by atoms with Gasteiger partial charge in [0.2, 0.25) is 5.91 Å². The molecule has 1 heterocycles. The van der Waals surface area contributed by atoms with Gasteiger partial charge in [-0.25, -0.2) is 18.0 Å². The summed E-state index contributed by atoms with van der Waals surface area (Å²) in [5.74, 6) is 0.743. The number of carboxylic acid groups (broad SMARTS) is 1. The van der Waals surface area contributed by atoms with Gasteiger partial charge in [-0.1, -0.05) is 12.1 Å². The van der Waals surface area contributed by atoms with Gasteiger partial charge in [-0.15, -0.1) is 0 Å². The molecule has 1 saturated heterocycles. The maximum Gasteiger partial charge on any atom is 0.415 e. The Bertz CT molecular complexity index is 1070. The molecule has 10 heteroatoms. The number of amides is 2. The molecule has 1 atom stereocenters. The Balaban J connectivity index is 1.18. The van der Waals surface area contributed by atoms with Crippen LogP contribution >= 0.6 is 0 Å². The summed E-state index contributed by atoms with van der Waals surface area (Å²) in [6.07, 6.45) is 5.78. The molecule has 5 fully saturated rings. The number of rotatable bonds is 6. The van der Waals surface area contributed by atoms with E-state index in [-0.39, 0.29) is 42.7 Å². The van der Waals surface area contributed by atoms with Crippen LogP contribution in [0.2, 0.25) is 0 Å². The van der Waals surface area contributed by atoms with Crippen LogP contribution < -0.4 is 10.1 Å². The topological polar surface area (TPSA) is 130 Å². The van der Waals surface area contributed by atoms with Crippen LogP contribution in [0.25, 0.3) is 0 Å². The molecule has 1 aliphatic heterocycles. The second kappa shape index (κ2) is 9.11. The predicted molar refractivity (Wildman–Crippen MR) is 127 cm³/mol. The van der Waals surface area contributed by atoms with Gasteiger partial charge >= 0.3 is 12.1 Å². The zero-order chi connectivity index (χ0) is 24.8. The summed E-state index contributed by atoms with van der Waals surface area (Å²) in [5.41, 5.74) is 0.293. The van der Waals surface area contributed by atoms with Crippen LogP contribution in [0.5, 0.6) is 5.75 Å². The van der Waals surface area contributed by atoms with Gasteiger partial charge in [0.05, 0.1) is 11.5 Å². The smallest absolute Gasteiger partial charge is 0.415 e. The number of carbonyl (C=O) groups excluding carboxylic acids is 2. The third-order valence-corrected chi connectivity index (χ3v) is 9.90. The third kappa shape index (κ3) is 5.17. The van der Waals surface area contributed by atoms with Gasteiger partial charge in [-0.2, -0.15) is 0 Å². The Labute approximate surface area is 205 Å². The molecule has 5 aliphatic rings. The van der Waals surface area contributed by atoms with Crippen LogP contribution in [-0.2, 0) is 25.8 Å². The molecule has 190 valence electrons. The Hall–Kier alpha value is -2.62. The van der Waals surface area contributed by atoms with Crippen molar-refractivity contribution >= 4 is 27.8 Å². The zero-order valence-corrected chi connectivity index (χ0v) is 20.5. The van der Waals surface area contributed by atoms with Crippen LogP contribution in [0.3, 0.4) is 0 Å². The number of hydrogen-bond acceptors (Lipinski definition) is 6. The average molecular weight is 505 g/mol. The number of nitrogens with one attached hydrogen (secondary N) is 1. The van der Waals surface area contributed by atoms with E-state index in [1.807, 2.05) is 0 Å². The summed E-state index contributed by atoms with van der Waals surface area (Å²) >= 11 is 0. The van der Waals surface area contributed by atoms with Crippen LogP contribution in [-0.4, -0.2) is 67.0 Å². The maximum absolute atomic E-state index is 13.3. The molecule has 4 bridgehead atoms. The number of carbonyl (C=O) groups is 3. The van der Waals surface area contributed by atoms with Gasteiger partial charge in [0.25, 0.3) is 0 Å². The quantitative estimate of drug-likeness (QED) is 0.608. The van der Waals surface area contributed by atoms with E-state index in [1.165, 1.54) is 24.2 Å². The molecule has 0 radical (unpaired) electrons. The van der Waals surface area contributed by atoms with Crippen molar-refractivity contribution in [3.63, 3.8) is 0 Å². The first kappa shape index (κ1) is 24.1. The highest BCUT2D eigenvalue weighted by molar-refractivity contribution is 7.91. The predicted octanol–water partition coefficient (Wildman–Crippen LogP) is 2.24. The number of aliphatic carboxylic acids is 1. The highest BCUT2D eigenvalue weighted by Crippen LogP contribution is 2.60. The Morgan fingerprint density at radius 1 is 1.00 bits per heavy atom. The number of sulfone groups is 1. The number of hydrogen-bond donors (Lipinski definition) is 2. The SMILES string of the molecule is O=C(O)[C@H](Cc1ccc(OC(=O)N2CCS(=O)(=O)CC2)cc1)NC(=O)C12CC3CC(CC(C3)C1)C2. The fourth-order valence-corrected chi connectivity index (χ4v) is 8.09. The molecule has 1 aromatic carbocycles. The van der Waals surface area contributed by atoms with E-state index < -0.39 is 33.4 Å². The van der Waals surface area contributed by atoms with Crippen molar-refractivity contribution in [1.82, 2.24) is 10.2 Å². The van der Waals surface area contributed by atoms with E-state index in [1.54, 1.807) is 24.3 Å². The van der Waals surface area contributed by atoms with E-state index >= 15 is 0 Å². The van der Waals surface area contributed by atoms with Gasteiger partial charge in [0.15, 0.2) is 9.84 Å². The van der Waals surface area contributed by atoms with Crippen LogP contribution in [0.4, 0.5) is 4.79 Å². The standard InChI is InChI=1S/C25H32N2O7S/c28-22(29)21(26-23(30)25-13-17-9-18(14-25)11-19(10-17)15-25)12-16-1-3-20(4-2-16)34-24(31)27-5-7-35(32,33)8-6-27/h1-4,17-19,21H,5-15H2,(H,26,30)(H,28,29)/t17?,18?,19?,21-,25?/m0/s1. The van der Waals surface area contributed by atoms with Crippen LogP contribution in [0.15, 0.2) is 24.3 Å². The maximum atomic E-state index is 13.3. The number of carboxylic acids is 1. The first-order chi connectivity index (χ1) is 16.6. The van der Waals surface area contributed by atoms with Gasteiger partial charge in [0.1, 0.15) is 11.8 Å². The highest BCUT2D eigenvalue weighted by Gasteiger charge is 2.55. The first-order valence-electron chi connectivity index (χ1n) is 12.4. The molecule has 4 saturated carbocycles. The number of nitrogens with zero attached hydrogens (tertiary/aromatic N) is 1. The summed E-state index contributed by atoms with van der Waals surface area (Å²) in [6.45, 7) is 0.200. The van der Waals surface area contributed by atoms with Crippen molar-refractivity contribution in [2.45, 2.75) is 51.0 Å². The summed E-state index contributed by atoms with van der Waals surface area (Å²) in [5, 5.41) is 12.6. The summed E-state index contributed by atoms with van der Waals surface area (Å²) in [7, 11) is -3.10. The van der Waals surface area contributed by atoms with E-state index in [0.29, 0.717) is 23.3 Å². The van der Waals surface area contributed by atoms with Crippen LogP contribution in [0, 0.1) is 23.2 Å². The molecule has 4 aliphatic carbocycles. The summed E-state index contributed by atoms with van der Waals surface area (Å²) in [4.78, 5) is 38.9. The summed E-state index contributed by atoms with van der Waals surface area (Å²) < 4.78 is 28.4. The molecule has 2 amide bonds. The molecule has 0 aromatic heterocycles. The van der Waals surface area contributed by atoms with E-state index in [9.17, 15) is 27.9 Å². The Morgan fingerprint density at radius 2 is 1.54 bits per heavy atom. The monoisotopic (exact) mass is 504 g/mol. The molecule has 0 spiro atoms. The molecular formula is C25H32N2O7S. The van der Waals surface area contributed by atoms with Gasteiger partial charge < -0.3 is 20.1 Å². The van der Waals surface area contributed by atoms with Crippen molar-refractivity contribution in [3.05, 3.63) is 29.8 Å². The van der Waals surface area contributed by atoms with E-state index in [2.05, 4.69) is 5.32 Å². The lowest BCUT2D eigenvalue weighted by Crippen LogP contribution is -2.56. The van der Waals surface area contributed by atoms with E-state index in [0.717, 1.165) is 19.3 Å². The van der Waals surface area contributed by atoms with Crippen molar-refractivity contribution in [1.29, 1.82) is 0 Å². The number of ether oxygens (including phenoxy) is 1. The second-order valence-corrected chi connectivity index (χ2v) is 13.2. The highest BCUT2D eigenvalue weighted by atomic mass is 32.2. The Kier molecular flexibility index (Phi) is 6.27. The van der Waals surface area contributed by atoms with Crippen molar-refractivity contribution in [2.24, 2.45) is 23.2 Å². The average Bonchev–Trinajstić information content (AvgIpc) is 2.78. The van der Waals surface area contributed by atoms with Crippen molar-refractivity contribution in [3.8, 4) is 5.75 Å². The fourth-order valence-electron chi connectivity index (χ4n) is 6.89. The van der Waals surface area contributed by atoms with Gasteiger partial charge in [-0.3, -0.25) is 4.79 Å². The molecular weight excluding hydrogens is 472 g/mol. The van der Waals surface area contributed by atoms with Gasteiger partial charge in [0, 0.05) is 24.9 Å². The minimum atomic E-state index is -3.10. The largest absolute Gasteiger partial charge is 0.480 e. The first-order valence-corrected chi connectivity index (χ1v) is 14.2. The van der Waals surface area contributed by atoms with Crippen molar-refractivity contribution < 1.29 is 32.6 Å². The number of benzene rings is 1. The molecule has 9 nitrogen and oxygen atoms in total. The minimum Gasteiger partial charge on any atom is -0.480 e. The third-order valence-electron chi connectivity index (χ3n) is 8.29. The summed E-state index contributed by atoms with van der Waals surface area (Å²) in [6, 6.07) is 5.48. The minimum absolute atomic E-state index is 0.0768. The van der Waals surface area contributed by atoms with E-state index in [4.69, 9.17) is 4.74 Å². The molecule has 1 aromatic rings. The van der Waals surface area contributed by atoms with Gasteiger partial charge in [-0.05, 0) is 74.0 Å².